The van der Waals surface area contributed by atoms with E-state index < -0.39 is 0 Å². The molecule has 35 heavy (non-hydrogen) atoms. The van der Waals surface area contributed by atoms with Crippen molar-refractivity contribution < 1.29 is 0 Å². The molecule has 0 aromatic heterocycles. The largest absolute Gasteiger partial charge is 0.303 e. The summed E-state index contributed by atoms with van der Waals surface area (Å²) in [4.78, 5) is 2.68. The maximum atomic E-state index is 3.92. The van der Waals surface area contributed by atoms with E-state index in [1.165, 1.54) is 39.6 Å². The molecule has 0 unspecified atom stereocenters. The topological polar surface area (TPSA) is 3.24 Å². The Morgan fingerprint density at radius 3 is 1.71 bits per heavy atom. The molecule has 0 radical (unpaired) electrons. The van der Waals surface area contributed by atoms with E-state index in [4.69, 9.17) is 0 Å². The summed E-state index contributed by atoms with van der Waals surface area (Å²) in [6.45, 7) is 5.79. The van der Waals surface area contributed by atoms with Gasteiger partial charge in [-0.25, -0.2) is 0 Å². The van der Waals surface area contributed by atoms with Crippen molar-refractivity contribution in [3.8, 4) is 0 Å². The summed E-state index contributed by atoms with van der Waals surface area (Å²) in [6, 6.07) is 42.0. The summed E-state index contributed by atoms with van der Waals surface area (Å²) in [5.74, 6) is 0. The van der Waals surface area contributed by atoms with Gasteiger partial charge in [0.1, 0.15) is 0 Å². The minimum atomic E-state index is -0.219. The second kappa shape index (κ2) is 10.5. The summed E-state index contributed by atoms with van der Waals surface area (Å²) in [7, 11) is 0. The van der Waals surface area contributed by atoms with Crippen LogP contribution in [-0.4, -0.2) is 24.5 Å². The first-order valence-electron chi connectivity index (χ1n) is 12.8. The van der Waals surface area contributed by atoms with Gasteiger partial charge in [-0.15, -0.1) is 0 Å². The van der Waals surface area contributed by atoms with Crippen molar-refractivity contribution in [3.05, 3.63) is 142 Å². The van der Waals surface area contributed by atoms with Gasteiger partial charge in [0, 0.05) is 9.89 Å². The van der Waals surface area contributed by atoms with Crippen molar-refractivity contribution in [2.75, 3.05) is 19.6 Å². The normalized spacial score (nSPS) is 16.2. The van der Waals surface area contributed by atoms with Gasteiger partial charge in [-0.05, 0) is 72.6 Å². The molecule has 0 amide bonds. The van der Waals surface area contributed by atoms with Gasteiger partial charge < -0.3 is 4.90 Å². The Kier molecular flexibility index (Phi) is 7.22. The molecule has 1 heterocycles. The molecule has 1 saturated heterocycles. The maximum absolute atomic E-state index is 3.92. The molecule has 2 heteroatoms. The molecular formula is C33H34BrN. The minimum absolute atomic E-state index is 0.219. The van der Waals surface area contributed by atoms with Crippen molar-refractivity contribution in [3.63, 3.8) is 0 Å². The minimum Gasteiger partial charge on any atom is -0.303 e. The van der Waals surface area contributed by atoms with Gasteiger partial charge >= 0.3 is 0 Å². The molecule has 1 nitrogen and oxygen atoms in total. The molecule has 178 valence electrons. The van der Waals surface area contributed by atoms with Crippen LogP contribution in [0, 0.1) is 0 Å². The summed E-state index contributed by atoms with van der Waals surface area (Å²) in [5.41, 5.74) is 5.58. The van der Waals surface area contributed by atoms with Crippen LogP contribution in [-0.2, 0) is 10.8 Å². The zero-order valence-electron chi connectivity index (χ0n) is 20.5. The van der Waals surface area contributed by atoms with Crippen molar-refractivity contribution in [2.24, 2.45) is 0 Å². The Morgan fingerprint density at radius 1 is 0.686 bits per heavy atom. The van der Waals surface area contributed by atoms with Crippen LogP contribution in [0.1, 0.15) is 48.4 Å². The summed E-state index contributed by atoms with van der Waals surface area (Å²) in [6.07, 6.45) is 3.44. The Hall–Kier alpha value is -2.68. The average Bonchev–Trinajstić information content (AvgIpc) is 2.93. The van der Waals surface area contributed by atoms with Gasteiger partial charge in [0.05, 0.1) is 0 Å². The van der Waals surface area contributed by atoms with E-state index in [-0.39, 0.29) is 10.8 Å². The lowest BCUT2D eigenvalue weighted by Gasteiger charge is -2.42. The fourth-order valence-electron chi connectivity index (χ4n) is 5.88. The van der Waals surface area contributed by atoms with Crippen LogP contribution in [0.2, 0.25) is 0 Å². The molecule has 0 N–H and O–H groups in total. The molecule has 0 atom stereocenters. The number of hydrogen-bond donors (Lipinski definition) is 0. The van der Waals surface area contributed by atoms with E-state index in [0.717, 1.165) is 26.1 Å². The molecular weight excluding hydrogens is 490 g/mol. The summed E-state index contributed by atoms with van der Waals surface area (Å²) < 4.78 is 1.17. The number of halogens is 1. The third-order valence-electron chi connectivity index (χ3n) is 8.10. The molecule has 0 spiro atoms. The van der Waals surface area contributed by atoms with Crippen LogP contribution in [0.4, 0.5) is 0 Å². The second-order valence-electron chi connectivity index (χ2n) is 10.1. The van der Waals surface area contributed by atoms with Gasteiger partial charge in [-0.3, -0.25) is 0 Å². The first-order valence-corrected chi connectivity index (χ1v) is 13.6. The van der Waals surface area contributed by atoms with E-state index in [9.17, 15) is 0 Å². The molecule has 1 aliphatic heterocycles. The predicted octanol–water partition coefficient (Wildman–Crippen LogP) is 8.23. The Morgan fingerprint density at radius 2 is 1.17 bits per heavy atom. The van der Waals surface area contributed by atoms with Crippen molar-refractivity contribution >= 4 is 15.9 Å². The number of rotatable bonds is 7. The fourth-order valence-corrected chi connectivity index (χ4v) is 6.50. The van der Waals surface area contributed by atoms with Gasteiger partial charge in [-0.2, -0.15) is 0 Å². The molecule has 4 aromatic rings. The standard InChI is InChI=1S/C33H34BrN/c1-32(27-13-5-2-6-14-27)21-24-35(25-22-32)26-23-33(28-15-7-3-8-16-28,29-17-9-4-10-18-29)30-19-11-12-20-31(30)34/h2-20H,21-26H2,1H3. The SMILES string of the molecule is CC1(c2ccccc2)CCN(CCC(c2ccccc2)(c2ccccc2)c2ccccc2Br)CC1. The van der Waals surface area contributed by atoms with Crippen molar-refractivity contribution in [1.29, 1.82) is 0 Å². The second-order valence-corrected chi connectivity index (χ2v) is 11.0. The molecule has 1 aliphatic rings. The van der Waals surface area contributed by atoms with Gasteiger partial charge in [0.25, 0.3) is 0 Å². The maximum Gasteiger partial charge on any atom is 0.0474 e. The molecule has 0 bridgehead atoms. The average molecular weight is 525 g/mol. The van der Waals surface area contributed by atoms with Crippen molar-refractivity contribution in [1.82, 2.24) is 4.90 Å². The van der Waals surface area contributed by atoms with Crippen LogP contribution in [0.5, 0.6) is 0 Å². The Labute approximate surface area is 219 Å². The van der Waals surface area contributed by atoms with E-state index in [0.29, 0.717) is 0 Å². The van der Waals surface area contributed by atoms with Crippen LogP contribution in [0.15, 0.2) is 120 Å². The first kappa shape index (κ1) is 24.0. The third-order valence-corrected chi connectivity index (χ3v) is 8.79. The van der Waals surface area contributed by atoms with E-state index in [2.05, 4.69) is 143 Å². The van der Waals surface area contributed by atoms with E-state index in [1.807, 2.05) is 0 Å². The molecule has 0 saturated carbocycles. The highest BCUT2D eigenvalue weighted by Gasteiger charge is 2.39. The number of nitrogens with zero attached hydrogens (tertiary/aromatic N) is 1. The Bertz CT molecular complexity index is 1170. The molecule has 4 aromatic carbocycles. The lowest BCUT2D eigenvalue weighted by molar-refractivity contribution is 0.161. The zero-order valence-corrected chi connectivity index (χ0v) is 22.1. The van der Waals surface area contributed by atoms with Crippen LogP contribution in [0.25, 0.3) is 0 Å². The summed E-state index contributed by atoms with van der Waals surface area (Å²) >= 11 is 3.92. The Balaban J connectivity index is 1.47. The highest BCUT2D eigenvalue weighted by Crippen LogP contribution is 2.45. The lowest BCUT2D eigenvalue weighted by Crippen LogP contribution is -2.43. The van der Waals surface area contributed by atoms with Gasteiger partial charge in [-0.1, -0.05) is 132 Å². The zero-order chi connectivity index (χ0) is 24.1. The molecule has 0 aliphatic carbocycles. The van der Waals surface area contributed by atoms with Crippen molar-refractivity contribution in [2.45, 2.75) is 37.0 Å². The third kappa shape index (κ3) is 4.87. The first-order chi connectivity index (χ1) is 17.1. The molecule has 1 fully saturated rings. The lowest BCUT2D eigenvalue weighted by atomic mass is 9.67. The van der Waals surface area contributed by atoms with Gasteiger partial charge in [0.2, 0.25) is 0 Å². The predicted molar refractivity (Wildman–Crippen MR) is 151 cm³/mol. The van der Waals surface area contributed by atoms with Crippen LogP contribution < -0.4 is 0 Å². The highest BCUT2D eigenvalue weighted by molar-refractivity contribution is 9.10. The summed E-state index contributed by atoms with van der Waals surface area (Å²) in [5, 5.41) is 0. The number of benzene rings is 4. The van der Waals surface area contributed by atoms with E-state index in [1.54, 1.807) is 0 Å². The number of piperidine rings is 1. The monoisotopic (exact) mass is 523 g/mol. The van der Waals surface area contributed by atoms with Crippen LogP contribution in [0.3, 0.4) is 0 Å². The quantitative estimate of drug-likeness (QED) is 0.220. The van der Waals surface area contributed by atoms with E-state index >= 15 is 0 Å². The van der Waals surface area contributed by atoms with Crippen LogP contribution >= 0.6 is 15.9 Å². The molecule has 5 rings (SSSR count). The van der Waals surface area contributed by atoms with Gasteiger partial charge in [0.15, 0.2) is 0 Å². The fraction of sp³-hybridized carbons (Fsp3) is 0.273. The smallest absolute Gasteiger partial charge is 0.0474 e. The number of hydrogen-bond acceptors (Lipinski definition) is 1. The highest BCUT2D eigenvalue weighted by atomic mass is 79.9. The number of likely N-dealkylation sites (tertiary alicyclic amines) is 1.